The number of likely N-dealkylation sites (N-methyl/N-ethyl adjacent to an activating group) is 1. The van der Waals surface area contributed by atoms with Gasteiger partial charge in [-0.15, -0.1) is 0 Å². The summed E-state index contributed by atoms with van der Waals surface area (Å²) in [5.74, 6) is -0.176. The number of carbonyl (C=O) groups excluding carboxylic acids is 2. The average molecular weight is 476 g/mol. The fourth-order valence-corrected chi connectivity index (χ4v) is 6.87. The van der Waals surface area contributed by atoms with E-state index in [-0.39, 0.29) is 29.1 Å². The molecule has 7 heteroatoms. The van der Waals surface area contributed by atoms with Gasteiger partial charge in [-0.2, -0.15) is 0 Å². The van der Waals surface area contributed by atoms with Gasteiger partial charge in [0.05, 0.1) is 23.7 Å². The van der Waals surface area contributed by atoms with Crippen LogP contribution in [0.25, 0.3) is 0 Å². The largest absolute Gasteiger partial charge is 0.464 e. The van der Waals surface area contributed by atoms with Crippen molar-refractivity contribution in [2.24, 2.45) is 29.1 Å². The first-order chi connectivity index (χ1) is 14.5. The third-order valence-corrected chi connectivity index (χ3v) is 8.73. The number of hydrogen-bond donors (Lipinski definition) is 1. The number of aromatic nitrogens is 1. The normalized spacial score (nSPS) is 34.1. The van der Waals surface area contributed by atoms with Crippen molar-refractivity contribution in [1.82, 2.24) is 9.88 Å². The lowest BCUT2D eigenvalue weighted by atomic mass is 9.78. The minimum atomic E-state index is -0.302. The molecular formula is C23H30BrN3O3. The summed E-state index contributed by atoms with van der Waals surface area (Å²) in [6, 6.07) is 3.95. The predicted molar refractivity (Wildman–Crippen MR) is 117 cm³/mol. The molecule has 6 nitrogen and oxygen atoms in total. The predicted octanol–water partition coefficient (Wildman–Crippen LogP) is 3.86. The highest BCUT2D eigenvalue weighted by Gasteiger charge is 2.72. The van der Waals surface area contributed by atoms with E-state index in [1.165, 1.54) is 12.8 Å². The molecule has 1 aliphatic heterocycles. The fourth-order valence-electron chi connectivity index (χ4n) is 6.63. The summed E-state index contributed by atoms with van der Waals surface area (Å²) in [6.07, 6.45) is 9.54. The van der Waals surface area contributed by atoms with Gasteiger partial charge in [0.25, 0.3) is 0 Å². The van der Waals surface area contributed by atoms with Gasteiger partial charge in [-0.05, 0) is 97.4 Å². The topological polar surface area (TPSA) is 71.5 Å². The Labute approximate surface area is 186 Å². The molecule has 1 N–H and O–H groups in total. The molecule has 3 saturated carbocycles. The summed E-state index contributed by atoms with van der Waals surface area (Å²) in [4.78, 5) is 33.1. The van der Waals surface area contributed by atoms with E-state index in [0.29, 0.717) is 30.2 Å². The van der Waals surface area contributed by atoms with E-state index in [0.717, 1.165) is 43.3 Å². The molecule has 1 spiro atoms. The highest BCUT2D eigenvalue weighted by molar-refractivity contribution is 9.10. The van der Waals surface area contributed by atoms with Crippen molar-refractivity contribution in [3.8, 4) is 0 Å². The second-order valence-electron chi connectivity index (χ2n) is 9.69. The summed E-state index contributed by atoms with van der Waals surface area (Å²) in [6.45, 7) is 1.51. The average Bonchev–Trinajstić information content (AvgIpc) is 3.41. The summed E-state index contributed by atoms with van der Waals surface area (Å²) in [5.41, 5.74) is 0.887. The molecule has 1 amide bonds. The lowest BCUT2D eigenvalue weighted by Crippen LogP contribution is -2.42. The standard InChI is InChI=1S/C23H30BrN3O3/c1-27-11-3-2-4-15(27)13-30-22(29)20-17-7-6-16(23(17)9-10-23)19(20)21(28)26-14-5-8-18(24)25-12-14/h5,8,12,15-17,19-20H,2-4,6-7,9-11,13H2,1H3,(H,26,28)/t15?,16-,17+,19+,20+/m0/s1. The van der Waals surface area contributed by atoms with Crippen LogP contribution in [0.4, 0.5) is 5.69 Å². The molecule has 162 valence electrons. The Morgan fingerprint density at radius 3 is 2.63 bits per heavy atom. The van der Waals surface area contributed by atoms with Crippen LogP contribution in [0.1, 0.15) is 44.9 Å². The maximum Gasteiger partial charge on any atom is 0.310 e. The van der Waals surface area contributed by atoms with Crippen LogP contribution in [0, 0.1) is 29.1 Å². The van der Waals surface area contributed by atoms with Crippen molar-refractivity contribution in [2.45, 2.75) is 51.0 Å². The van der Waals surface area contributed by atoms with Crippen LogP contribution in [-0.2, 0) is 14.3 Å². The number of likely N-dealkylation sites (tertiary alicyclic amines) is 1. The summed E-state index contributed by atoms with van der Waals surface area (Å²) in [7, 11) is 2.11. The highest BCUT2D eigenvalue weighted by atomic mass is 79.9. The zero-order chi connectivity index (χ0) is 20.9. The molecule has 2 heterocycles. The number of carbonyl (C=O) groups is 2. The van der Waals surface area contributed by atoms with Crippen molar-refractivity contribution in [3.05, 3.63) is 22.9 Å². The van der Waals surface area contributed by atoms with Crippen LogP contribution < -0.4 is 5.32 Å². The van der Waals surface area contributed by atoms with Gasteiger partial charge >= 0.3 is 5.97 Å². The van der Waals surface area contributed by atoms with Crippen LogP contribution >= 0.6 is 15.9 Å². The first-order valence-electron chi connectivity index (χ1n) is 11.3. The molecule has 3 aliphatic carbocycles. The first kappa shape index (κ1) is 20.4. The number of esters is 1. The van der Waals surface area contributed by atoms with E-state index in [2.05, 4.69) is 38.2 Å². The van der Waals surface area contributed by atoms with Crippen molar-refractivity contribution in [1.29, 1.82) is 0 Å². The molecule has 1 aromatic rings. The van der Waals surface area contributed by atoms with E-state index in [9.17, 15) is 9.59 Å². The van der Waals surface area contributed by atoms with Gasteiger partial charge in [0, 0.05) is 6.04 Å². The zero-order valence-electron chi connectivity index (χ0n) is 17.5. The second kappa shape index (κ2) is 7.90. The number of amides is 1. The quantitative estimate of drug-likeness (QED) is 0.516. The van der Waals surface area contributed by atoms with Gasteiger partial charge in [0.15, 0.2) is 0 Å². The molecule has 1 saturated heterocycles. The number of piperidine rings is 1. The minimum absolute atomic E-state index is 0.0469. The number of hydrogen-bond acceptors (Lipinski definition) is 5. The van der Waals surface area contributed by atoms with Gasteiger partial charge in [-0.25, -0.2) is 4.98 Å². The van der Waals surface area contributed by atoms with E-state index in [1.54, 1.807) is 6.20 Å². The molecule has 30 heavy (non-hydrogen) atoms. The Morgan fingerprint density at radius 2 is 1.97 bits per heavy atom. The summed E-state index contributed by atoms with van der Waals surface area (Å²) >= 11 is 3.32. The SMILES string of the molecule is CN1CCCCC1COC(=O)[C@H]1[C@H](C(=O)Nc2ccc(Br)nc2)[C@@H]2CC[C@H]1C21CC1. The van der Waals surface area contributed by atoms with E-state index in [1.807, 2.05) is 12.1 Å². The molecule has 5 rings (SSSR count). The summed E-state index contributed by atoms with van der Waals surface area (Å²) < 4.78 is 6.61. The second-order valence-corrected chi connectivity index (χ2v) is 10.5. The van der Waals surface area contributed by atoms with Crippen molar-refractivity contribution in [3.63, 3.8) is 0 Å². The Hall–Kier alpha value is -1.47. The molecular weight excluding hydrogens is 446 g/mol. The number of nitrogens with zero attached hydrogens (tertiary/aromatic N) is 2. The maximum atomic E-state index is 13.3. The van der Waals surface area contributed by atoms with Crippen LogP contribution in [0.15, 0.2) is 22.9 Å². The Morgan fingerprint density at radius 1 is 1.20 bits per heavy atom. The maximum absolute atomic E-state index is 13.3. The monoisotopic (exact) mass is 475 g/mol. The Bertz CT molecular complexity index is 825. The third-order valence-electron chi connectivity index (χ3n) is 8.26. The molecule has 4 fully saturated rings. The third kappa shape index (κ3) is 3.48. The molecule has 1 unspecified atom stereocenters. The van der Waals surface area contributed by atoms with Gasteiger partial charge < -0.3 is 15.0 Å². The minimum Gasteiger partial charge on any atom is -0.464 e. The zero-order valence-corrected chi connectivity index (χ0v) is 19.1. The van der Waals surface area contributed by atoms with Crippen LogP contribution in [0.3, 0.4) is 0 Å². The van der Waals surface area contributed by atoms with Gasteiger partial charge in [0.2, 0.25) is 5.91 Å². The van der Waals surface area contributed by atoms with Crippen LogP contribution in [0.2, 0.25) is 0 Å². The van der Waals surface area contributed by atoms with Gasteiger partial charge in [0.1, 0.15) is 11.2 Å². The molecule has 5 atom stereocenters. The molecule has 0 radical (unpaired) electrons. The molecule has 0 aromatic carbocycles. The van der Waals surface area contributed by atoms with Crippen LogP contribution in [0.5, 0.6) is 0 Å². The van der Waals surface area contributed by atoms with Crippen molar-refractivity contribution < 1.29 is 14.3 Å². The van der Waals surface area contributed by atoms with E-state index < -0.39 is 0 Å². The van der Waals surface area contributed by atoms with Gasteiger partial charge in [-0.1, -0.05) is 6.42 Å². The number of pyridine rings is 1. The van der Waals surface area contributed by atoms with Gasteiger partial charge in [-0.3, -0.25) is 9.59 Å². The highest BCUT2D eigenvalue weighted by Crippen LogP contribution is 2.74. The first-order valence-corrected chi connectivity index (χ1v) is 12.1. The lowest BCUT2D eigenvalue weighted by molar-refractivity contribution is -0.156. The fraction of sp³-hybridized carbons (Fsp3) is 0.696. The van der Waals surface area contributed by atoms with E-state index >= 15 is 0 Å². The number of ether oxygens (including phenoxy) is 1. The molecule has 4 aliphatic rings. The summed E-state index contributed by atoms with van der Waals surface area (Å²) in [5, 5.41) is 3.02. The van der Waals surface area contributed by atoms with E-state index in [4.69, 9.17) is 4.74 Å². The molecule has 2 bridgehead atoms. The number of nitrogens with one attached hydrogen (secondary N) is 1. The number of anilines is 1. The number of halogens is 1. The lowest BCUT2D eigenvalue weighted by Gasteiger charge is -2.33. The smallest absolute Gasteiger partial charge is 0.310 e. The van der Waals surface area contributed by atoms with Crippen molar-refractivity contribution >= 4 is 33.5 Å². The Balaban J connectivity index is 1.31. The number of rotatable bonds is 5. The Kier molecular flexibility index (Phi) is 5.38. The van der Waals surface area contributed by atoms with Crippen LogP contribution in [-0.4, -0.2) is 48.0 Å². The van der Waals surface area contributed by atoms with Crippen molar-refractivity contribution in [2.75, 3.05) is 25.5 Å². The molecule has 1 aromatic heterocycles.